The third-order valence-corrected chi connectivity index (χ3v) is 4.75. The van der Waals surface area contributed by atoms with Gasteiger partial charge in [-0.05, 0) is 64.2 Å². The highest BCUT2D eigenvalue weighted by molar-refractivity contribution is 5.73. The van der Waals surface area contributed by atoms with Crippen molar-refractivity contribution < 1.29 is 28.2 Å². The van der Waals surface area contributed by atoms with Crippen molar-refractivity contribution in [1.82, 2.24) is 10.2 Å². The summed E-state index contributed by atoms with van der Waals surface area (Å²) in [5.74, 6) is -1.85. The lowest BCUT2D eigenvalue weighted by Crippen LogP contribution is -2.58. The third kappa shape index (κ3) is 6.96. The fourth-order valence-electron chi connectivity index (χ4n) is 3.63. The van der Waals surface area contributed by atoms with Crippen molar-refractivity contribution in [3.63, 3.8) is 0 Å². The minimum atomic E-state index is -1.13. The van der Waals surface area contributed by atoms with Crippen molar-refractivity contribution in [1.29, 1.82) is 0 Å². The second kappa shape index (κ2) is 9.52. The van der Waals surface area contributed by atoms with E-state index in [0.29, 0.717) is 18.5 Å². The number of hydrogen-bond donors (Lipinski definition) is 2. The maximum absolute atomic E-state index is 13.6. The molecule has 8 heteroatoms. The first kappa shape index (κ1) is 23.1. The van der Waals surface area contributed by atoms with Gasteiger partial charge in [0.2, 0.25) is 5.91 Å². The van der Waals surface area contributed by atoms with Gasteiger partial charge in [0.1, 0.15) is 17.2 Å². The lowest BCUT2D eigenvalue weighted by molar-refractivity contribution is -0.121. The Morgan fingerprint density at radius 1 is 1.24 bits per heavy atom. The van der Waals surface area contributed by atoms with E-state index in [4.69, 9.17) is 4.74 Å². The summed E-state index contributed by atoms with van der Waals surface area (Å²) in [4.78, 5) is 25.8. The summed E-state index contributed by atoms with van der Waals surface area (Å²) >= 11 is 0. The quantitative estimate of drug-likeness (QED) is 0.779. The number of rotatable bonds is 5. The number of benzene rings is 1. The van der Waals surface area contributed by atoms with Crippen LogP contribution in [0.3, 0.4) is 0 Å². The molecule has 2 rings (SSSR count). The zero-order valence-corrected chi connectivity index (χ0v) is 17.4. The third-order valence-electron chi connectivity index (χ3n) is 4.75. The number of carbonyl (C=O) groups is 2. The summed E-state index contributed by atoms with van der Waals surface area (Å²) in [5.41, 5.74) is -0.375. The molecule has 0 aromatic heterocycles. The van der Waals surface area contributed by atoms with Crippen LogP contribution >= 0.6 is 0 Å². The van der Waals surface area contributed by atoms with Gasteiger partial charge in [0, 0.05) is 19.5 Å². The topological polar surface area (TPSA) is 78.9 Å². The minimum Gasteiger partial charge on any atom is -0.444 e. The summed E-state index contributed by atoms with van der Waals surface area (Å²) in [6.07, 6.45) is 0.491. The number of amides is 2. The predicted octanol–water partition coefficient (Wildman–Crippen LogP) is 3.16. The maximum Gasteiger partial charge on any atom is 0.410 e. The Labute approximate surface area is 170 Å². The first-order valence-corrected chi connectivity index (χ1v) is 9.86. The summed E-state index contributed by atoms with van der Waals surface area (Å²) in [6.45, 7) is 7.02. The van der Waals surface area contributed by atoms with E-state index in [0.717, 1.165) is 31.0 Å². The molecule has 1 aliphatic heterocycles. The largest absolute Gasteiger partial charge is 0.444 e. The van der Waals surface area contributed by atoms with E-state index in [1.165, 1.54) is 11.8 Å². The number of nitrogens with one attached hydrogen (secondary N) is 1. The molecule has 0 saturated carbocycles. The molecule has 1 aromatic rings. The Morgan fingerprint density at radius 2 is 1.86 bits per heavy atom. The van der Waals surface area contributed by atoms with Crippen LogP contribution in [-0.4, -0.2) is 52.3 Å². The van der Waals surface area contributed by atoms with Crippen LogP contribution in [0.15, 0.2) is 18.2 Å². The van der Waals surface area contributed by atoms with Gasteiger partial charge in [-0.3, -0.25) is 4.79 Å². The van der Waals surface area contributed by atoms with Crippen LogP contribution in [0.2, 0.25) is 0 Å². The molecule has 1 fully saturated rings. The number of hydrogen-bond acceptors (Lipinski definition) is 4. The number of carbonyl (C=O) groups excluding carboxylic acids is 2. The van der Waals surface area contributed by atoms with Crippen LogP contribution in [0.25, 0.3) is 0 Å². The predicted molar refractivity (Wildman–Crippen MR) is 104 cm³/mol. The van der Waals surface area contributed by atoms with Crippen LogP contribution in [0.5, 0.6) is 0 Å². The Bertz CT molecular complexity index is 716. The van der Waals surface area contributed by atoms with Crippen molar-refractivity contribution in [3.8, 4) is 0 Å². The van der Waals surface area contributed by atoms with Crippen LogP contribution in [0.1, 0.15) is 52.5 Å². The van der Waals surface area contributed by atoms with E-state index in [1.807, 2.05) is 0 Å². The monoisotopic (exact) mass is 412 g/mol. The second-order valence-corrected chi connectivity index (χ2v) is 8.52. The average molecular weight is 412 g/mol. The van der Waals surface area contributed by atoms with E-state index in [9.17, 15) is 23.5 Å². The number of piperidine rings is 1. The Morgan fingerprint density at radius 3 is 2.41 bits per heavy atom. The molecule has 2 N–H and O–H groups in total. The van der Waals surface area contributed by atoms with Crippen molar-refractivity contribution in [3.05, 3.63) is 35.4 Å². The molecule has 1 heterocycles. The minimum absolute atomic E-state index is 0.0219. The van der Waals surface area contributed by atoms with E-state index < -0.39 is 41.5 Å². The molecule has 162 valence electrons. The summed E-state index contributed by atoms with van der Waals surface area (Å²) in [5, 5.41) is 13.7. The van der Waals surface area contributed by atoms with Crippen molar-refractivity contribution in [2.24, 2.45) is 0 Å². The Hall–Kier alpha value is -2.22. The lowest BCUT2D eigenvalue weighted by atomic mass is 9.90. The molecule has 3 atom stereocenters. The summed E-state index contributed by atoms with van der Waals surface area (Å²) < 4.78 is 32.6. The highest BCUT2D eigenvalue weighted by atomic mass is 19.1. The molecule has 6 nitrogen and oxygen atoms in total. The average Bonchev–Trinajstić information content (AvgIpc) is 2.58. The number of aliphatic hydroxyl groups is 1. The molecule has 0 aliphatic carbocycles. The van der Waals surface area contributed by atoms with E-state index >= 15 is 0 Å². The summed E-state index contributed by atoms with van der Waals surface area (Å²) in [6, 6.07) is 1.70. The summed E-state index contributed by atoms with van der Waals surface area (Å²) in [7, 11) is 0. The van der Waals surface area contributed by atoms with Gasteiger partial charge in [-0.1, -0.05) is 0 Å². The van der Waals surface area contributed by atoms with Gasteiger partial charge in [0.25, 0.3) is 0 Å². The van der Waals surface area contributed by atoms with Crippen molar-refractivity contribution in [2.75, 3.05) is 6.54 Å². The number of likely N-dealkylation sites (tertiary alicyclic amines) is 1. The molecule has 0 bridgehead atoms. The Kier molecular flexibility index (Phi) is 7.57. The fraction of sp³-hybridized carbons (Fsp3) is 0.619. The van der Waals surface area contributed by atoms with Crippen LogP contribution in [0, 0.1) is 11.6 Å². The lowest BCUT2D eigenvalue weighted by Gasteiger charge is -2.41. The molecular weight excluding hydrogens is 382 g/mol. The number of ether oxygens (including phenoxy) is 1. The van der Waals surface area contributed by atoms with Gasteiger partial charge >= 0.3 is 6.09 Å². The van der Waals surface area contributed by atoms with Gasteiger partial charge in [-0.2, -0.15) is 0 Å². The normalized spacial score (nSPS) is 19.4. The molecule has 29 heavy (non-hydrogen) atoms. The van der Waals surface area contributed by atoms with Crippen LogP contribution in [-0.2, 0) is 16.0 Å². The van der Waals surface area contributed by atoms with Gasteiger partial charge in [-0.25, -0.2) is 13.6 Å². The molecule has 1 saturated heterocycles. The number of halogens is 2. The van der Waals surface area contributed by atoms with E-state index in [2.05, 4.69) is 5.32 Å². The van der Waals surface area contributed by atoms with Gasteiger partial charge < -0.3 is 20.1 Å². The molecular formula is C21H30F2N2O4. The van der Waals surface area contributed by atoms with E-state index in [1.54, 1.807) is 20.8 Å². The van der Waals surface area contributed by atoms with Crippen LogP contribution in [0.4, 0.5) is 13.6 Å². The molecule has 2 amide bonds. The number of nitrogens with zero attached hydrogens (tertiary/aromatic N) is 1. The maximum atomic E-state index is 13.6. The van der Waals surface area contributed by atoms with Gasteiger partial charge in [-0.15, -0.1) is 0 Å². The highest BCUT2D eigenvalue weighted by Gasteiger charge is 2.38. The van der Waals surface area contributed by atoms with Crippen LogP contribution < -0.4 is 5.32 Å². The number of aliphatic hydroxyl groups excluding tert-OH is 1. The fourth-order valence-corrected chi connectivity index (χ4v) is 3.63. The second-order valence-electron chi connectivity index (χ2n) is 8.52. The first-order valence-electron chi connectivity index (χ1n) is 9.86. The molecule has 1 aromatic carbocycles. The molecule has 0 radical (unpaired) electrons. The zero-order chi connectivity index (χ0) is 21.8. The highest BCUT2D eigenvalue weighted by Crippen LogP contribution is 2.25. The SMILES string of the molecule is CC(=O)N[C@@H](Cc1cc(F)cc(F)c1)[C@H](O)C1CCCCN1C(=O)OC(C)(C)C. The first-order chi connectivity index (χ1) is 13.5. The van der Waals surface area contributed by atoms with E-state index in [-0.39, 0.29) is 12.3 Å². The van der Waals surface area contributed by atoms with Gasteiger partial charge in [0.15, 0.2) is 0 Å². The molecule has 1 unspecified atom stereocenters. The van der Waals surface area contributed by atoms with Crippen molar-refractivity contribution in [2.45, 2.75) is 77.2 Å². The van der Waals surface area contributed by atoms with Gasteiger partial charge in [0.05, 0.1) is 18.2 Å². The zero-order valence-electron chi connectivity index (χ0n) is 17.4. The van der Waals surface area contributed by atoms with Crippen molar-refractivity contribution >= 4 is 12.0 Å². The molecule has 1 aliphatic rings. The smallest absolute Gasteiger partial charge is 0.410 e. The molecule has 0 spiro atoms. The standard InChI is InChI=1S/C21H30F2N2O4/c1-13(26)24-17(11-14-9-15(22)12-16(23)10-14)19(27)18-7-5-6-8-25(18)20(28)29-21(2,3)4/h9-10,12,17-19,27H,5-8,11H2,1-4H3,(H,24,26)/t17-,18?,19-/m0/s1. The Balaban J connectivity index is 2.23.